The second-order valence-electron chi connectivity index (χ2n) is 5.26. The fourth-order valence-electron chi connectivity index (χ4n) is 2.57. The van der Waals surface area contributed by atoms with E-state index in [1.807, 2.05) is 4.90 Å². The Labute approximate surface area is 118 Å². The van der Waals surface area contributed by atoms with Crippen LogP contribution in [0, 0.1) is 17.2 Å². The Morgan fingerprint density at radius 1 is 1.20 bits per heavy atom. The molecule has 0 radical (unpaired) electrons. The van der Waals surface area contributed by atoms with Crippen LogP contribution in [0.4, 0.5) is 0 Å². The van der Waals surface area contributed by atoms with Crippen LogP contribution in [0.15, 0.2) is 36.4 Å². The Morgan fingerprint density at radius 2 is 1.85 bits per heavy atom. The van der Waals surface area contributed by atoms with Gasteiger partial charge in [-0.25, -0.2) is 0 Å². The standard InChI is InChI=1S/C16H16N2O2/c17-9-12-5-7-14(8-6-12)20-15-10-18(11-15)16(19)13-3-1-2-4-13/h1-2,5-8,13,15H,3-4,10-11H2. The number of rotatable bonds is 3. The molecule has 1 heterocycles. The van der Waals surface area contributed by atoms with Crippen molar-refractivity contribution in [3.05, 3.63) is 42.0 Å². The van der Waals surface area contributed by atoms with Crippen LogP contribution in [-0.2, 0) is 4.79 Å². The minimum atomic E-state index is 0.0706. The molecule has 1 aromatic rings. The second kappa shape index (κ2) is 5.38. The van der Waals surface area contributed by atoms with Crippen LogP contribution >= 0.6 is 0 Å². The summed E-state index contributed by atoms with van der Waals surface area (Å²) < 4.78 is 5.77. The molecule has 102 valence electrons. The molecule has 1 aliphatic heterocycles. The van der Waals surface area contributed by atoms with Crippen molar-refractivity contribution in [3.8, 4) is 11.8 Å². The molecule has 4 nitrogen and oxygen atoms in total. The number of carbonyl (C=O) groups is 1. The molecule has 1 fully saturated rings. The Kier molecular flexibility index (Phi) is 3.42. The molecular weight excluding hydrogens is 252 g/mol. The van der Waals surface area contributed by atoms with Gasteiger partial charge in [-0.2, -0.15) is 5.26 Å². The van der Waals surface area contributed by atoms with Crippen LogP contribution < -0.4 is 4.74 Å². The molecule has 1 aliphatic carbocycles. The summed E-state index contributed by atoms with van der Waals surface area (Å²) in [6, 6.07) is 9.14. The molecule has 1 aromatic carbocycles. The van der Waals surface area contributed by atoms with Crippen molar-refractivity contribution in [1.29, 1.82) is 5.26 Å². The topological polar surface area (TPSA) is 53.3 Å². The third kappa shape index (κ3) is 2.53. The van der Waals surface area contributed by atoms with Gasteiger partial charge in [-0.15, -0.1) is 0 Å². The molecule has 0 saturated carbocycles. The van der Waals surface area contributed by atoms with Crippen LogP contribution in [0.5, 0.6) is 5.75 Å². The highest BCUT2D eigenvalue weighted by molar-refractivity contribution is 5.80. The molecule has 2 aliphatic rings. The molecule has 0 unspecified atom stereocenters. The number of amides is 1. The van der Waals surface area contributed by atoms with Gasteiger partial charge in [-0.1, -0.05) is 12.2 Å². The summed E-state index contributed by atoms with van der Waals surface area (Å²) in [5.74, 6) is 1.14. The first-order chi connectivity index (χ1) is 9.76. The molecule has 0 spiro atoms. The zero-order valence-corrected chi connectivity index (χ0v) is 11.2. The van der Waals surface area contributed by atoms with E-state index in [2.05, 4.69) is 18.2 Å². The highest BCUT2D eigenvalue weighted by Gasteiger charge is 2.35. The van der Waals surface area contributed by atoms with Crippen molar-refractivity contribution >= 4 is 5.91 Å². The molecule has 1 saturated heterocycles. The number of nitrogens with zero attached hydrogens (tertiary/aromatic N) is 2. The number of benzene rings is 1. The normalized spacial score (nSPS) is 18.6. The predicted octanol–water partition coefficient (Wildman–Crippen LogP) is 2.11. The van der Waals surface area contributed by atoms with Gasteiger partial charge in [0.05, 0.1) is 24.7 Å². The lowest BCUT2D eigenvalue weighted by Gasteiger charge is -2.40. The van der Waals surface area contributed by atoms with E-state index in [4.69, 9.17) is 10.00 Å². The summed E-state index contributed by atoms with van der Waals surface area (Å²) in [5.41, 5.74) is 0.622. The average molecular weight is 268 g/mol. The first kappa shape index (κ1) is 12.7. The van der Waals surface area contributed by atoms with Gasteiger partial charge in [-0.05, 0) is 37.1 Å². The number of hydrogen-bond acceptors (Lipinski definition) is 3. The number of nitriles is 1. The summed E-state index contributed by atoms with van der Waals surface area (Å²) in [7, 11) is 0. The summed E-state index contributed by atoms with van der Waals surface area (Å²) in [6.45, 7) is 1.32. The number of allylic oxidation sites excluding steroid dienone is 2. The lowest BCUT2D eigenvalue weighted by atomic mass is 10.0. The van der Waals surface area contributed by atoms with E-state index < -0.39 is 0 Å². The van der Waals surface area contributed by atoms with Crippen molar-refractivity contribution in [2.75, 3.05) is 13.1 Å². The van der Waals surface area contributed by atoms with Crippen LogP contribution in [-0.4, -0.2) is 30.0 Å². The molecule has 20 heavy (non-hydrogen) atoms. The molecule has 1 amide bonds. The maximum atomic E-state index is 12.1. The quantitative estimate of drug-likeness (QED) is 0.789. The summed E-state index contributed by atoms with van der Waals surface area (Å²) in [6.07, 6.45) is 5.97. The maximum absolute atomic E-state index is 12.1. The van der Waals surface area contributed by atoms with Crippen LogP contribution in [0.2, 0.25) is 0 Å². The number of ether oxygens (including phenoxy) is 1. The third-order valence-corrected chi connectivity index (χ3v) is 3.80. The Morgan fingerprint density at radius 3 is 2.45 bits per heavy atom. The first-order valence-electron chi connectivity index (χ1n) is 6.87. The molecule has 0 N–H and O–H groups in total. The van der Waals surface area contributed by atoms with Crippen LogP contribution in [0.25, 0.3) is 0 Å². The van der Waals surface area contributed by atoms with Gasteiger partial charge in [0.15, 0.2) is 0 Å². The van der Waals surface area contributed by atoms with Crippen molar-refractivity contribution in [2.24, 2.45) is 5.92 Å². The van der Waals surface area contributed by atoms with E-state index in [0.717, 1.165) is 18.6 Å². The fraction of sp³-hybridized carbons (Fsp3) is 0.375. The molecule has 0 bridgehead atoms. The Hall–Kier alpha value is -2.28. The van der Waals surface area contributed by atoms with Gasteiger partial charge in [0, 0.05) is 5.92 Å². The predicted molar refractivity (Wildman–Crippen MR) is 74.0 cm³/mol. The minimum absolute atomic E-state index is 0.0706. The largest absolute Gasteiger partial charge is 0.487 e. The van der Waals surface area contributed by atoms with Gasteiger partial charge >= 0.3 is 0 Å². The SMILES string of the molecule is N#Cc1ccc(OC2CN(C(=O)C3CC=CC3)C2)cc1. The number of likely N-dealkylation sites (tertiary alicyclic amines) is 1. The fourth-order valence-corrected chi connectivity index (χ4v) is 2.57. The monoisotopic (exact) mass is 268 g/mol. The highest BCUT2D eigenvalue weighted by atomic mass is 16.5. The Balaban J connectivity index is 1.48. The second-order valence-corrected chi connectivity index (χ2v) is 5.26. The summed E-state index contributed by atoms with van der Waals surface area (Å²) in [4.78, 5) is 14.0. The van der Waals surface area contributed by atoms with Gasteiger partial charge < -0.3 is 9.64 Å². The van der Waals surface area contributed by atoms with Gasteiger partial charge in [-0.3, -0.25) is 4.79 Å². The molecule has 4 heteroatoms. The first-order valence-corrected chi connectivity index (χ1v) is 6.87. The van der Waals surface area contributed by atoms with E-state index in [1.165, 1.54) is 0 Å². The summed E-state index contributed by atoms with van der Waals surface area (Å²) >= 11 is 0. The lowest BCUT2D eigenvalue weighted by molar-refractivity contribution is -0.144. The molecule has 0 aromatic heterocycles. The van der Waals surface area contributed by atoms with Gasteiger partial charge in [0.2, 0.25) is 5.91 Å². The number of hydrogen-bond donors (Lipinski definition) is 0. The molecular formula is C16H16N2O2. The van der Waals surface area contributed by atoms with Crippen molar-refractivity contribution in [1.82, 2.24) is 4.90 Å². The smallest absolute Gasteiger partial charge is 0.226 e. The van der Waals surface area contributed by atoms with Crippen molar-refractivity contribution < 1.29 is 9.53 Å². The van der Waals surface area contributed by atoms with E-state index in [0.29, 0.717) is 18.7 Å². The van der Waals surface area contributed by atoms with Crippen LogP contribution in [0.1, 0.15) is 18.4 Å². The highest BCUT2D eigenvalue weighted by Crippen LogP contribution is 2.25. The Bertz CT molecular complexity index is 557. The van der Waals surface area contributed by atoms with Gasteiger partial charge in [0.25, 0.3) is 0 Å². The van der Waals surface area contributed by atoms with Crippen LogP contribution in [0.3, 0.4) is 0 Å². The van der Waals surface area contributed by atoms with Crippen molar-refractivity contribution in [3.63, 3.8) is 0 Å². The summed E-state index contributed by atoms with van der Waals surface area (Å²) in [5, 5.41) is 8.73. The minimum Gasteiger partial charge on any atom is -0.487 e. The number of carbonyl (C=O) groups excluding carboxylic acids is 1. The zero-order valence-electron chi connectivity index (χ0n) is 11.2. The van der Waals surface area contributed by atoms with Gasteiger partial charge in [0.1, 0.15) is 11.9 Å². The average Bonchev–Trinajstić information content (AvgIpc) is 2.96. The van der Waals surface area contributed by atoms with E-state index in [9.17, 15) is 4.79 Å². The van der Waals surface area contributed by atoms with E-state index in [1.54, 1.807) is 24.3 Å². The maximum Gasteiger partial charge on any atom is 0.226 e. The zero-order chi connectivity index (χ0) is 13.9. The molecule has 0 atom stereocenters. The van der Waals surface area contributed by atoms with Crippen molar-refractivity contribution in [2.45, 2.75) is 18.9 Å². The lowest BCUT2D eigenvalue weighted by Crippen LogP contribution is -2.57. The third-order valence-electron chi connectivity index (χ3n) is 3.80. The molecule has 3 rings (SSSR count). The van der Waals surface area contributed by atoms with E-state index in [-0.39, 0.29) is 17.9 Å². The van der Waals surface area contributed by atoms with E-state index >= 15 is 0 Å².